The highest BCUT2D eigenvalue weighted by Crippen LogP contribution is 2.22. The van der Waals surface area contributed by atoms with Gasteiger partial charge in [-0.25, -0.2) is 4.79 Å². The van der Waals surface area contributed by atoms with Gasteiger partial charge in [-0.05, 0) is 19.1 Å². The van der Waals surface area contributed by atoms with Crippen molar-refractivity contribution in [2.75, 3.05) is 26.1 Å². The van der Waals surface area contributed by atoms with E-state index in [-0.39, 0.29) is 23.5 Å². The van der Waals surface area contributed by atoms with Crippen molar-refractivity contribution >= 4 is 29.2 Å². The van der Waals surface area contributed by atoms with Crippen molar-refractivity contribution in [1.82, 2.24) is 14.9 Å². The van der Waals surface area contributed by atoms with Gasteiger partial charge in [0.25, 0.3) is 0 Å². The molecule has 1 aromatic rings. The molecule has 9 heteroatoms. The zero-order valence-corrected chi connectivity index (χ0v) is 11.5. The van der Waals surface area contributed by atoms with Crippen molar-refractivity contribution < 1.29 is 19.4 Å². The molecule has 0 spiro atoms. The van der Waals surface area contributed by atoms with Crippen LogP contribution in [-0.4, -0.2) is 51.9 Å². The molecule has 1 aromatic heterocycles. The molecular formula is C10H14N4O4S. The third kappa shape index (κ3) is 3.65. The number of nitrogens with one attached hydrogen (secondary N) is 1. The van der Waals surface area contributed by atoms with E-state index in [0.29, 0.717) is 5.75 Å². The van der Waals surface area contributed by atoms with Gasteiger partial charge >= 0.3 is 12.1 Å². The summed E-state index contributed by atoms with van der Waals surface area (Å²) in [6, 6.07) is 0.115. The summed E-state index contributed by atoms with van der Waals surface area (Å²) in [5.41, 5.74) is 0. The van der Waals surface area contributed by atoms with Gasteiger partial charge in [-0.2, -0.15) is 9.97 Å². The Morgan fingerprint density at radius 2 is 2.21 bits per heavy atom. The number of hydrogen-bond donors (Lipinski definition) is 2. The molecular weight excluding hydrogens is 272 g/mol. The van der Waals surface area contributed by atoms with Crippen LogP contribution in [0.25, 0.3) is 0 Å². The van der Waals surface area contributed by atoms with Gasteiger partial charge in [0.05, 0.1) is 20.4 Å². The Morgan fingerprint density at radius 1 is 1.53 bits per heavy atom. The Balaban J connectivity index is 2.97. The van der Waals surface area contributed by atoms with Crippen LogP contribution in [0, 0.1) is 0 Å². The second-order valence-electron chi connectivity index (χ2n) is 3.23. The number of carboxylic acid groups (broad SMARTS) is 1. The Hall–Kier alpha value is -2.16. The minimum atomic E-state index is -1.15. The maximum absolute atomic E-state index is 10.9. The third-order valence-electron chi connectivity index (χ3n) is 2.15. The van der Waals surface area contributed by atoms with Gasteiger partial charge < -0.3 is 19.9 Å². The number of methoxy groups -OCH3 is 2. The summed E-state index contributed by atoms with van der Waals surface area (Å²) >= 11 is 5.00. The van der Waals surface area contributed by atoms with Crippen LogP contribution in [0.5, 0.6) is 11.8 Å². The standard InChI is InChI=1S/C10H14N4O4S/c1-4-14(10(15)16)9(19)13-7-6(17-2)5-11-8(12-7)18-3/h5H,4H2,1-3H3,(H,15,16)(H,11,12,13,19). The molecule has 0 bridgehead atoms. The lowest BCUT2D eigenvalue weighted by atomic mass is 10.5. The maximum Gasteiger partial charge on any atom is 0.413 e. The van der Waals surface area contributed by atoms with Crippen molar-refractivity contribution in [2.45, 2.75) is 6.92 Å². The summed E-state index contributed by atoms with van der Waals surface area (Å²) in [6.07, 6.45) is 0.244. The van der Waals surface area contributed by atoms with E-state index >= 15 is 0 Å². The average molecular weight is 286 g/mol. The molecule has 2 N–H and O–H groups in total. The minimum absolute atomic E-state index is 0.00551. The largest absolute Gasteiger partial charge is 0.491 e. The third-order valence-corrected chi connectivity index (χ3v) is 2.48. The molecule has 0 atom stereocenters. The van der Waals surface area contributed by atoms with Crippen LogP contribution < -0.4 is 14.8 Å². The molecule has 0 saturated carbocycles. The minimum Gasteiger partial charge on any atom is -0.491 e. The Morgan fingerprint density at radius 3 is 2.68 bits per heavy atom. The van der Waals surface area contributed by atoms with Crippen LogP contribution in [0.2, 0.25) is 0 Å². The first-order chi connectivity index (χ1) is 9.03. The van der Waals surface area contributed by atoms with Crippen LogP contribution in [-0.2, 0) is 0 Å². The zero-order valence-electron chi connectivity index (χ0n) is 10.7. The van der Waals surface area contributed by atoms with Gasteiger partial charge in [-0.1, -0.05) is 0 Å². The van der Waals surface area contributed by atoms with Crippen molar-refractivity contribution in [3.8, 4) is 11.8 Å². The number of ether oxygens (including phenoxy) is 2. The van der Waals surface area contributed by atoms with Crippen molar-refractivity contribution in [2.24, 2.45) is 0 Å². The number of anilines is 1. The van der Waals surface area contributed by atoms with Gasteiger partial charge in [0.15, 0.2) is 16.7 Å². The number of thiocarbonyl (C=S) groups is 1. The van der Waals surface area contributed by atoms with Crippen LogP contribution in [0.4, 0.5) is 10.6 Å². The molecule has 0 aliphatic heterocycles. The Labute approximate surface area is 115 Å². The number of carbonyl (C=O) groups is 1. The molecule has 19 heavy (non-hydrogen) atoms. The maximum atomic E-state index is 10.9. The molecule has 104 valence electrons. The lowest BCUT2D eigenvalue weighted by Gasteiger charge is -2.19. The van der Waals surface area contributed by atoms with Crippen molar-refractivity contribution in [3.63, 3.8) is 0 Å². The first kappa shape index (κ1) is 14.9. The number of nitrogens with zero attached hydrogens (tertiary/aromatic N) is 3. The van der Waals surface area contributed by atoms with Gasteiger partial charge in [0.1, 0.15) is 0 Å². The summed E-state index contributed by atoms with van der Waals surface area (Å²) in [6.45, 7) is 1.88. The fourth-order valence-electron chi connectivity index (χ4n) is 1.23. The van der Waals surface area contributed by atoms with E-state index in [4.69, 9.17) is 26.8 Å². The number of hydrogen-bond acceptors (Lipinski definition) is 6. The topological polar surface area (TPSA) is 96.8 Å². The summed E-state index contributed by atoms with van der Waals surface area (Å²) in [5.74, 6) is 0.559. The highest BCUT2D eigenvalue weighted by molar-refractivity contribution is 7.80. The summed E-state index contributed by atoms with van der Waals surface area (Å²) in [4.78, 5) is 19.8. The monoisotopic (exact) mass is 286 g/mol. The van der Waals surface area contributed by atoms with E-state index in [2.05, 4.69) is 15.3 Å². The van der Waals surface area contributed by atoms with Crippen molar-refractivity contribution in [3.05, 3.63) is 6.20 Å². The molecule has 0 aliphatic rings. The Bertz CT molecular complexity index is 483. The van der Waals surface area contributed by atoms with Gasteiger partial charge in [0, 0.05) is 6.54 Å². The molecule has 0 aliphatic carbocycles. The van der Waals surface area contributed by atoms with Crippen LogP contribution >= 0.6 is 12.2 Å². The molecule has 1 amide bonds. The normalized spacial score (nSPS) is 9.63. The molecule has 0 fully saturated rings. The fourth-order valence-corrected chi connectivity index (χ4v) is 1.53. The number of amides is 1. The predicted octanol–water partition coefficient (Wildman–Crippen LogP) is 1.19. The molecule has 0 unspecified atom stereocenters. The molecule has 0 aromatic carbocycles. The van der Waals surface area contributed by atoms with Crippen molar-refractivity contribution in [1.29, 1.82) is 0 Å². The average Bonchev–Trinajstić information content (AvgIpc) is 2.38. The van der Waals surface area contributed by atoms with E-state index in [1.807, 2.05) is 0 Å². The van der Waals surface area contributed by atoms with E-state index in [1.165, 1.54) is 20.4 Å². The predicted molar refractivity (Wildman–Crippen MR) is 71.8 cm³/mol. The first-order valence-corrected chi connectivity index (χ1v) is 5.70. The second-order valence-corrected chi connectivity index (χ2v) is 3.62. The van der Waals surface area contributed by atoms with Gasteiger partial charge in [-0.15, -0.1) is 0 Å². The van der Waals surface area contributed by atoms with E-state index in [9.17, 15) is 4.79 Å². The number of aromatic nitrogens is 2. The van der Waals surface area contributed by atoms with Gasteiger partial charge in [0.2, 0.25) is 0 Å². The smallest absolute Gasteiger partial charge is 0.413 e. The lowest BCUT2D eigenvalue weighted by molar-refractivity contribution is 0.171. The second kappa shape index (κ2) is 6.69. The Kier molecular flexibility index (Phi) is 5.24. The molecule has 1 heterocycles. The van der Waals surface area contributed by atoms with Gasteiger partial charge in [-0.3, -0.25) is 4.90 Å². The summed E-state index contributed by atoms with van der Waals surface area (Å²) in [7, 11) is 2.85. The van der Waals surface area contributed by atoms with E-state index in [1.54, 1.807) is 6.92 Å². The van der Waals surface area contributed by atoms with Crippen LogP contribution in [0.1, 0.15) is 6.92 Å². The molecule has 8 nitrogen and oxygen atoms in total. The zero-order chi connectivity index (χ0) is 14.4. The SMILES string of the molecule is CCN(C(=O)O)C(=S)Nc1nc(OC)ncc1OC. The van der Waals surface area contributed by atoms with E-state index in [0.717, 1.165) is 4.90 Å². The first-order valence-electron chi connectivity index (χ1n) is 5.29. The fraction of sp³-hybridized carbons (Fsp3) is 0.400. The summed E-state index contributed by atoms with van der Waals surface area (Å²) in [5, 5.41) is 11.6. The van der Waals surface area contributed by atoms with Crippen LogP contribution in [0.3, 0.4) is 0 Å². The molecule has 0 saturated heterocycles. The molecule has 0 radical (unpaired) electrons. The summed E-state index contributed by atoms with van der Waals surface area (Å²) < 4.78 is 9.93. The molecule has 1 rings (SSSR count). The van der Waals surface area contributed by atoms with Crippen LogP contribution in [0.15, 0.2) is 6.20 Å². The number of rotatable bonds is 4. The highest BCUT2D eigenvalue weighted by atomic mass is 32.1. The lowest BCUT2D eigenvalue weighted by Crippen LogP contribution is -2.38. The van der Waals surface area contributed by atoms with E-state index < -0.39 is 6.09 Å². The highest BCUT2D eigenvalue weighted by Gasteiger charge is 2.17. The quantitative estimate of drug-likeness (QED) is 0.797.